The molecule has 0 saturated heterocycles. The van der Waals surface area contributed by atoms with Crippen LogP contribution in [0.25, 0.3) is 10.2 Å². The number of pyridine rings is 1. The number of aliphatic hydroxyl groups excluding tert-OH is 1. The second kappa shape index (κ2) is 4.68. The second-order valence-electron chi connectivity index (χ2n) is 3.63. The van der Waals surface area contributed by atoms with E-state index in [-0.39, 0.29) is 19.1 Å². The third-order valence-corrected chi connectivity index (χ3v) is 3.45. The molecule has 1 amide bonds. The molecule has 0 saturated carbocycles. The summed E-state index contributed by atoms with van der Waals surface area (Å²) < 4.78 is 0. The number of nitrogen functional groups attached to an aromatic ring is 1. The number of rotatable bonds is 3. The number of amides is 1. The Morgan fingerprint density at radius 2 is 2.35 bits per heavy atom. The number of aryl methyl sites for hydroxylation is 1. The van der Waals surface area contributed by atoms with Crippen molar-refractivity contribution in [2.24, 2.45) is 0 Å². The fraction of sp³-hybridized carbons (Fsp3) is 0.273. The third kappa shape index (κ3) is 2.22. The zero-order valence-corrected chi connectivity index (χ0v) is 10.2. The Kier molecular flexibility index (Phi) is 3.26. The van der Waals surface area contributed by atoms with Crippen LogP contribution in [0.5, 0.6) is 0 Å². The number of carbonyl (C=O) groups is 1. The van der Waals surface area contributed by atoms with E-state index in [9.17, 15) is 4.79 Å². The first kappa shape index (κ1) is 11.8. The zero-order valence-electron chi connectivity index (χ0n) is 9.36. The fourth-order valence-electron chi connectivity index (χ4n) is 1.51. The van der Waals surface area contributed by atoms with Crippen LogP contribution in [0.2, 0.25) is 0 Å². The van der Waals surface area contributed by atoms with E-state index in [4.69, 9.17) is 10.8 Å². The molecule has 17 heavy (non-hydrogen) atoms. The average Bonchev–Trinajstić information content (AvgIpc) is 2.63. The molecule has 0 fully saturated rings. The first-order valence-corrected chi connectivity index (χ1v) is 6.00. The van der Waals surface area contributed by atoms with Gasteiger partial charge >= 0.3 is 0 Å². The summed E-state index contributed by atoms with van der Waals surface area (Å²) in [4.78, 5) is 17.3. The van der Waals surface area contributed by atoms with Crippen molar-refractivity contribution in [3.05, 3.63) is 22.7 Å². The van der Waals surface area contributed by atoms with Crippen LogP contribution < -0.4 is 11.1 Å². The summed E-state index contributed by atoms with van der Waals surface area (Å²) in [6, 6.07) is 3.73. The zero-order chi connectivity index (χ0) is 12.4. The van der Waals surface area contributed by atoms with E-state index in [1.807, 2.05) is 19.1 Å². The maximum Gasteiger partial charge on any atom is 0.263 e. The largest absolute Gasteiger partial charge is 0.397 e. The molecule has 0 aliphatic carbocycles. The van der Waals surface area contributed by atoms with Crippen LogP contribution in [0.3, 0.4) is 0 Å². The Morgan fingerprint density at radius 3 is 3.06 bits per heavy atom. The van der Waals surface area contributed by atoms with Crippen molar-refractivity contribution in [2.75, 3.05) is 18.9 Å². The maximum absolute atomic E-state index is 11.8. The van der Waals surface area contributed by atoms with Crippen molar-refractivity contribution in [1.29, 1.82) is 0 Å². The van der Waals surface area contributed by atoms with Gasteiger partial charge in [0.05, 0.1) is 12.3 Å². The maximum atomic E-state index is 11.8. The smallest absolute Gasteiger partial charge is 0.263 e. The Balaban J connectivity index is 2.41. The summed E-state index contributed by atoms with van der Waals surface area (Å²) in [5, 5.41) is 12.0. The molecule has 5 nitrogen and oxygen atoms in total. The summed E-state index contributed by atoms with van der Waals surface area (Å²) in [6.45, 7) is 2.02. The number of fused-ring (bicyclic) bond motifs is 1. The third-order valence-electron chi connectivity index (χ3n) is 2.34. The molecule has 6 heteroatoms. The van der Waals surface area contributed by atoms with E-state index in [0.717, 1.165) is 15.9 Å². The van der Waals surface area contributed by atoms with Crippen LogP contribution in [-0.2, 0) is 0 Å². The fourth-order valence-corrected chi connectivity index (χ4v) is 2.56. The number of anilines is 1. The molecule has 2 heterocycles. The Hall–Kier alpha value is -1.66. The van der Waals surface area contributed by atoms with E-state index in [1.165, 1.54) is 11.3 Å². The Bertz CT molecular complexity index is 565. The van der Waals surface area contributed by atoms with Crippen LogP contribution in [-0.4, -0.2) is 29.1 Å². The number of nitrogens with one attached hydrogen (secondary N) is 1. The van der Waals surface area contributed by atoms with E-state index >= 15 is 0 Å². The van der Waals surface area contributed by atoms with Crippen molar-refractivity contribution in [2.45, 2.75) is 6.92 Å². The molecular formula is C11H13N3O2S. The summed E-state index contributed by atoms with van der Waals surface area (Å²) >= 11 is 1.27. The standard InChI is InChI=1S/C11H13N3O2S/c1-6-2-3-7-8(12)9(17-11(7)14-6)10(16)13-4-5-15/h2-3,15H,4-5,12H2,1H3,(H,13,16). The van der Waals surface area contributed by atoms with Crippen LogP contribution in [0.4, 0.5) is 5.69 Å². The van der Waals surface area contributed by atoms with Gasteiger partial charge in [0, 0.05) is 17.6 Å². The first-order chi connectivity index (χ1) is 8.13. The number of hydrogen-bond donors (Lipinski definition) is 3. The van der Waals surface area contributed by atoms with Crippen molar-refractivity contribution >= 4 is 33.1 Å². The summed E-state index contributed by atoms with van der Waals surface area (Å²) in [5.41, 5.74) is 7.25. The van der Waals surface area contributed by atoms with Crippen molar-refractivity contribution in [3.8, 4) is 0 Å². The lowest BCUT2D eigenvalue weighted by Gasteiger charge is -2.00. The van der Waals surface area contributed by atoms with Gasteiger partial charge in [0.2, 0.25) is 0 Å². The second-order valence-corrected chi connectivity index (χ2v) is 4.63. The Labute approximate surface area is 102 Å². The van der Waals surface area contributed by atoms with Crippen LogP contribution in [0.15, 0.2) is 12.1 Å². The van der Waals surface area contributed by atoms with E-state index < -0.39 is 0 Å². The van der Waals surface area contributed by atoms with Crippen LogP contribution in [0, 0.1) is 6.92 Å². The van der Waals surface area contributed by atoms with Crippen LogP contribution in [0.1, 0.15) is 15.4 Å². The molecular weight excluding hydrogens is 238 g/mol. The molecule has 2 rings (SSSR count). The minimum absolute atomic E-state index is 0.0894. The average molecular weight is 251 g/mol. The van der Waals surface area contributed by atoms with Gasteiger partial charge in [-0.05, 0) is 19.1 Å². The quantitative estimate of drug-likeness (QED) is 0.756. The van der Waals surface area contributed by atoms with E-state index in [2.05, 4.69) is 10.3 Å². The molecule has 0 atom stereocenters. The van der Waals surface area contributed by atoms with Crippen molar-refractivity contribution < 1.29 is 9.90 Å². The molecule has 4 N–H and O–H groups in total. The SMILES string of the molecule is Cc1ccc2c(N)c(C(=O)NCCO)sc2n1. The molecule has 0 unspecified atom stereocenters. The highest BCUT2D eigenvalue weighted by molar-refractivity contribution is 7.21. The van der Waals surface area contributed by atoms with Gasteiger partial charge in [0.25, 0.3) is 5.91 Å². The molecule has 0 aliphatic heterocycles. The summed E-state index contributed by atoms with van der Waals surface area (Å²) in [6.07, 6.45) is 0. The predicted molar refractivity (Wildman–Crippen MR) is 68.2 cm³/mol. The van der Waals surface area contributed by atoms with Gasteiger partial charge in [-0.25, -0.2) is 4.98 Å². The van der Waals surface area contributed by atoms with Crippen molar-refractivity contribution in [3.63, 3.8) is 0 Å². The normalized spacial score (nSPS) is 10.7. The van der Waals surface area contributed by atoms with E-state index in [0.29, 0.717) is 10.6 Å². The number of nitrogens with zero attached hydrogens (tertiary/aromatic N) is 1. The van der Waals surface area contributed by atoms with Gasteiger partial charge in [0.15, 0.2) is 0 Å². The number of nitrogens with two attached hydrogens (primary N) is 1. The van der Waals surface area contributed by atoms with Gasteiger partial charge in [-0.2, -0.15) is 0 Å². The molecule has 0 aliphatic rings. The number of hydrogen-bond acceptors (Lipinski definition) is 5. The Morgan fingerprint density at radius 1 is 1.59 bits per heavy atom. The monoisotopic (exact) mass is 251 g/mol. The number of carbonyl (C=O) groups excluding carboxylic acids is 1. The lowest BCUT2D eigenvalue weighted by molar-refractivity contribution is 0.0949. The molecule has 0 spiro atoms. The minimum Gasteiger partial charge on any atom is -0.397 e. The molecule has 2 aromatic heterocycles. The minimum atomic E-state index is -0.266. The highest BCUT2D eigenvalue weighted by atomic mass is 32.1. The topological polar surface area (TPSA) is 88.2 Å². The van der Waals surface area contributed by atoms with Gasteiger partial charge in [-0.3, -0.25) is 4.79 Å². The number of thiophene rings is 1. The molecule has 2 aromatic rings. The number of aliphatic hydroxyl groups is 1. The lowest BCUT2D eigenvalue weighted by Crippen LogP contribution is -2.26. The highest BCUT2D eigenvalue weighted by Gasteiger charge is 2.16. The molecule has 90 valence electrons. The van der Waals surface area contributed by atoms with Gasteiger partial charge in [0.1, 0.15) is 9.71 Å². The molecule has 0 radical (unpaired) electrons. The summed E-state index contributed by atoms with van der Waals surface area (Å²) in [7, 11) is 0. The van der Waals surface area contributed by atoms with Gasteiger partial charge in [-0.1, -0.05) is 0 Å². The molecule has 0 aromatic carbocycles. The van der Waals surface area contributed by atoms with Gasteiger partial charge in [-0.15, -0.1) is 11.3 Å². The predicted octanol–water partition coefficient (Wildman–Crippen LogP) is 0.909. The highest BCUT2D eigenvalue weighted by Crippen LogP contribution is 2.32. The summed E-state index contributed by atoms with van der Waals surface area (Å²) in [5.74, 6) is -0.266. The van der Waals surface area contributed by atoms with E-state index in [1.54, 1.807) is 0 Å². The number of aromatic nitrogens is 1. The lowest BCUT2D eigenvalue weighted by atomic mass is 10.2. The van der Waals surface area contributed by atoms with Crippen molar-refractivity contribution in [1.82, 2.24) is 10.3 Å². The first-order valence-electron chi connectivity index (χ1n) is 5.18. The van der Waals surface area contributed by atoms with Gasteiger partial charge < -0.3 is 16.2 Å². The molecule has 0 bridgehead atoms. The van der Waals surface area contributed by atoms with Crippen LogP contribution >= 0.6 is 11.3 Å².